The lowest BCUT2D eigenvalue weighted by atomic mass is 10.1. The third-order valence-corrected chi connectivity index (χ3v) is 4.13. The summed E-state index contributed by atoms with van der Waals surface area (Å²) >= 11 is 0. The van der Waals surface area contributed by atoms with E-state index >= 15 is 0 Å². The number of hydrogen-bond acceptors (Lipinski definition) is 3. The molecule has 1 atom stereocenters. The van der Waals surface area contributed by atoms with Crippen LogP contribution in [0.4, 0.5) is 0 Å². The Morgan fingerprint density at radius 1 is 1.22 bits per heavy atom. The molecule has 2 rings (SSSR count). The summed E-state index contributed by atoms with van der Waals surface area (Å²) in [5, 5.41) is 8.57. The molecule has 0 aliphatic heterocycles. The highest BCUT2D eigenvalue weighted by Gasteiger charge is 2.15. The molecule has 0 amide bonds. The third-order valence-electron chi connectivity index (χ3n) is 3.20. The van der Waals surface area contributed by atoms with Crippen molar-refractivity contribution in [3.05, 3.63) is 42.0 Å². The van der Waals surface area contributed by atoms with E-state index in [1.54, 1.807) is 24.3 Å². The minimum Gasteiger partial charge on any atom is -0.307 e. The minimum absolute atomic E-state index is 0.154. The summed E-state index contributed by atoms with van der Waals surface area (Å²) in [5.74, 6) is 0. The van der Waals surface area contributed by atoms with E-state index in [4.69, 9.17) is 5.14 Å². The Morgan fingerprint density at radius 3 is 2.28 bits per heavy atom. The standard InChI is InChI=1S/C13H18N2O2S/c1-10(15-12-4-2-3-5-12)11-6-8-13(9-7-11)18(14,16)17/h2-3,6-10,12,15H,4-5H2,1H3,(H2,14,16,17). The number of primary sulfonamides is 1. The van der Waals surface area contributed by atoms with E-state index in [0.717, 1.165) is 18.4 Å². The summed E-state index contributed by atoms with van der Waals surface area (Å²) in [4.78, 5) is 0.154. The smallest absolute Gasteiger partial charge is 0.238 e. The molecular weight excluding hydrogens is 248 g/mol. The highest BCUT2D eigenvalue weighted by Crippen LogP contribution is 2.19. The zero-order valence-corrected chi connectivity index (χ0v) is 11.2. The molecule has 0 heterocycles. The van der Waals surface area contributed by atoms with Gasteiger partial charge in [0.15, 0.2) is 0 Å². The van der Waals surface area contributed by atoms with Crippen molar-refractivity contribution in [2.45, 2.75) is 36.7 Å². The van der Waals surface area contributed by atoms with Crippen LogP contribution < -0.4 is 10.5 Å². The van der Waals surface area contributed by atoms with Crippen molar-refractivity contribution < 1.29 is 8.42 Å². The Hall–Kier alpha value is -1.17. The van der Waals surface area contributed by atoms with E-state index in [9.17, 15) is 8.42 Å². The first-order chi connectivity index (χ1) is 8.47. The van der Waals surface area contributed by atoms with Crippen LogP contribution in [0.15, 0.2) is 41.3 Å². The Kier molecular flexibility index (Phi) is 3.85. The van der Waals surface area contributed by atoms with Crippen LogP contribution in [0.3, 0.4) is 0 Å². The molecule has 0 saturated heterocycles. The predicted molar refractivity (Wildman–Crippen MR) is 71.5 cm³/mol. The van der Waals surface area contributed by atoms with Gasteiger partial charge in [0.05, 0.1) is 4.90 Å². The summed E-state index contributed by atoms with van der Waals surface area (Å²) in [6.07, 6.45) is 6.46. The fourth-order valence-corrected chi connectivity index (χ4v) is 2.66. The van der Waals surface area contributed by atoms with Gasteiger partial charge in [0, 0.05) is 12.1 Å². The summed E-state index contributed by atoms with van der Waals surface area (Å²) in [5.41, 5.74) is 1.06. The first-order valence-electron chi connectivity index (χ1n) is 6.00. The van der Waals surface area contributed by atoms with E-state index in [1.165, 1.54) is 0 Å². The fourth-order valence-electron chi connectivity index (χ4n) is 2.15. The molecule has 0 bridgehead atoms. The van der Waals surface area contributed by atoms with Gasteiger partial charge in [-0.2, -0.15) is 0 Å². The molecule has 0 aromatic heterocycles. The average molecular weight is 266 g/mol. The molecule has 0 spiro atoms. The molecule has 0 radical (unpaired) electrons. The van der Waals surface area contributed by atoms with Crippen LogP contribution in [0.1, 0.15) is 31.4 Å². The van der Waals surface area contributed by atoms with E-state index in [0.29, 0.717) is 6.04 Å². The summed E-state index contributed by atoms with van der Waals surface area (Å²) < 4.78 is 22.3. The molecular formula is C13H18N2O2S. The molecule has 5 heteroatoms. The van der Waals surface area contributed by atoms with Gasteiger partial charge in [-0.3, -0.25) is 0 Å². The Balaban J connectivity index is 2.04. The molecule has 0 fully saturated rings. The zero-order valence-electron chi connectivity index (χ0n) is 10.3. The van der Waals surface area contributed by atoms with Crippen molar-refractivity contribution in [2.75, 3.05) is 0 Å². The van der Waals surface area contributed by atoms with Gasteiger partial charge in [-0.05, 0) is 37.5 Å². The maximum absolute atomic E-state index is 11.1. The van der Waals surface area contributed by atoms with Gasteiger partial charge in [-0.1, -0.05) is 24.3 Å². The predicted octanol–water partition coefficient (Wildman–Crippen LogP) is 1.70. The SMILES string of the molecule is CC(NC1CC=CC1)c1ccc(S(N)(=O)=O)cc1. The number of sulfonamides is 1. The molecule has 98 valence electrons. The number of rotatable bonds is 4. The summed E-state index contributed by atoms with van der Waals surface area (Å²) in [7, 11) is -3.60. The maximum Gasteiger partial charge on any atom is 0.238 e. The monoisotopic (exact) mass is 266 g/mol. The van der Waals surface area contributed by atoms with E-state index in [2.05, 4.69) is 24.4 Å². The van der Waals surface area contributed by atoms with Crippen molar-refractivity contribution in [3.8, 4) is 0 Å². The summed E-state index contributed by atoms with van der Waals surface area (Å²) in [6.45, 7) is 2.07. The number of nitrogens with two attached hydrogens (primary N) is 1. The van der Waals surface area contributed by atoms with Crippen LogP contribution >= 0.6 is 0 Å². The normalized spacial score (nSPS) is 18.1. The minimum atomic E-state index is -3.60. The Labute approximate surface area is 108 Å². The number of benzene rings is 1. The average Bonchev–Trinajstić information content (AvgIpc) is 2.81. The van der Waals surface area contributed by atoms with Crippen molar-refractivity contribution in [2.24, 2.45) is 5.14 Å². The van der Waals surface area contributed by atoms with Gasteiger partial charge in [0.2, 0.25) is 10.0 Å². The third kappa shape index (κ3) is 3.19. The molecule has 1 aromatic rings. The van der Waals surface area contributed by atoms with Crippen molar-refractivity contribution in [1.82, 2.24) is 5.32 Å². The molecule has 18 heavy (non-hydrogen) atoms. The Morgan fingerprint density at radius 2 is 1.78 bits per heavy atom. The van der Waals surface area contributed by atoms with Gasteiger partial charge in [0.25, 0.3) is 0 Å². The quantitative estimate of drug-likeness (QED) is 0.815. The van der Waals surface area contributed by atoms with Crippen LogP contribution in [0.25, 0.3) is 0 Å². The largest absolute Gasteiger partial charge is 0.307 e. The number of hydrogen-bond donors (Lipinski definition) is 2. The van der Waals surface area contributed by atoms with E-state index in [1.807, 2.05) is 0 Å². The maximum atomic E-state index is 11.1. The first kappa shape index (κ1) is 13.3. The van der Waals surface area contributed by atoms with Crippen LogP contribution in [0.2, 0.25) is 0 Å². The lowest BCUT2D eigenvalue weighted by molar-refractivity contribution is 0.471. The molecule has 1 aliphatic rings. The fraction of sp³-hybridized carbons (Fsp3) is 0.385. The van der Waals surface area contributed by atoms with E-state index in [-0.39, 0.29) is 10.9 Å². The van der Waals surface area contributed by atoms with Crippen LogP contribution in [0.5, 0.6) is 0 Å². The van der Waals surface area contributed by atoms with Gasteiger partial charge < -0.3 is 5.32 Å². The second-order valence-electron chi connectivity index (χ2n) is 4.64. The molecule has 0 saturated carbocycles. The number of nitrogens with one attached hydrogen (secondary N) is 1. The lowest BCUT2D eigenvalue weighted by Gasteiger charge is -2.19. The van der Waals surface area contributed by atoms with Crippen LogP contribution in [-0.4, -0.2) is 14.5 Å². The van der Waals surface area contributed by atoms with Gasteiger partial charge in [-0.25, -0.2) is 13.6 Å². The van der Waals surface area contributed by atoms with Crippen molar-refractivity contribution in [1.29, 1.82) is 0 Å². The van der Waals surface area contributed by atoms with Gasteiger partial charge in [-0.15, -0.1) is 0 Å². The second-order valence-corrected chi connectivity index (χ2v) is 6.20. The first-order valence-corrected chi connectivity index (χ1v) is 7.55. The highest BCUT2D eigenvalue weighted by molar-refractivity contribution is 7.89. The van der Waals surface area contributed by atoms with Crippen LogP contribution in [0, 0.1) is 0 Å². The lowest BCUT2D eigenvalue weighted by Crippen LogP contribution is -2.29. The topological polar surface area (TPSA) is 72.2 Å². The summed E-state index contributed by atoms with van der Waals surface area (Å²) in [6, 6.07) is 7.40. The van der Waals surface area contributed by atoms with Crippen molar-refractivity contribution >= 4 is 10.0 Å². The Bertz CT molecular complexity index is 527. The molecule has 1 aliphatic carbocycles. The molecule has 3 N–H and O–H groups in total. The highest BCUT2D eigenvalue weighted by atomic mass is 32.2. The molecule has 4 nitrogen and oxygen atoms in total. The van der Waals surface area contributed by atoms with Crippen molar-refractivity contribution in [3.63, 3.8) is 0 Å². The van der Waals surface area contributed by atoms with E-state index < -0.39 is 10.0 Å². The zero-order chi connectivity index (χ0) is 13.2. The molecule has 1 unspecified atom stereocenters. The second kappa shape index (κ2) is 5.22. The van der Waals surface area contributed by atoms with Crippen LogP contribution in [-0.2, 0) is 10.0 Å². The molecule has 1 aromatic carbocycles. The van der Waals surface area contributed by atoms with Gasteiger partial charge in [0.1, 0.15) is 0 Å². The van der Waals surface area contributed by atoms with Gasteiger partial charge >= 0.3 is 0 Å².